The van der Waals surface area contributed by atoms with E-state index in [1.165, 1.54) is 18.2 Å². The van der Waals surface area contributed by atoms with Crippen molar-refractivity contribution >= 4 is 17.6 Å². The third-order valence-corrected chi connectivity index (χ3v) is 3.31. The minimum atomic E-state index is -0.498. The van der Waals surface area contributed by atoms with Crippen molar-refractivity contribution in [3.8, 4) is 11.5 Å². The molecule has 0 saturated carbocycles. The maximum absolute atomic E-state index is 11.3. The number of carbonyl (C=O) groups is 1. The van der Waals surface area contributed by atoms with E-state index < -0.39 is 5.97 Å². The Labute approximate surface area is 129 Å². The molecule has 0 aliphatic rings. The number of benzene rings is 2. The lowest BCUT2D eigenvalue weighted by atomic mass is 10.0. The van der Waals surface area contributed by atoms with E-state index in [9.17, 15) is 4.79 Å². The summed E-state index contributed by atoms with van der Waals surface area (Å²) in [6, 6.07) is 13.9. The molecule has 0 bridgehead atoms. The Kier molecular flexibility index (Phi) is 5.23. The second-order valence-corrected chi connectivity index (χ2v) is 5.02. The van der Waals surface area contributed by atoms with Crippen LogP contribution < -0.4 is 9.47 Å². The van der Waals surface area contributed by atoms with Gasteiger partial charge < -0.3 is 9.47 Å². The first-order valence-corrected chi connectivity index (χ1v) is 7.15. The summed E-state index contributed by atoms with van der Waals surface area (Å²) >= 11 is 5.47. The predicted octanol–water partition coefficient (Wildman–Crippen LogP) is 3.74. The van der Waals surface area contributed by atoms with E-state index in [2.05, 4.69) is 31.2 Å². The number of methoxy groups -OCH3 is 1. The molecule has 0 radical (unpaired) electrons. The van der Waals surface area contributed by atoms with E-state index in [1.807, 2.05) is 12.1 Å². The van der Waals surface area contributed by atoms with E-state index in [-0.39, 0.29) is 5.88 Å². The lowest BCUT2D eigenvalue weighted by Crippen LogP contribution is -2.10. The van der Waals surface area contributed by atoms with Gasteiger partial charge in [-0.15, -0.1) is 11.6 Å². The van der Waals surface area contributed by atoms with Crippen LogP contribution in [-0.4, -0.2) is 19.0 Å². The largest absolute Gasteiger partial charge is 0.493 e. The molecule has 0 unspecified atom stereocenters. The molecule has 2 aromatic rings. The van der Waals surface area contributed by atoms with Gasteiger partial charge in [-0.05, 0) is 36.6 Å². The monoisotopic (exact) mass is 304 g/mol. The molecule has 0 saturated heterocycles. The highest BCUT2D eigenvalue weighted by Gasteiger charge is 2.10. The van der Waals surface area contributed by atoms with Crippen molar-refractivity contribution in [3.63, 3.8) is 0 Å². The fourth-order valence-corrected chi connectivity index (χ4v) is 2.06. The minimum Gasteiger partial charge on any atom is -0.493 e. The molecule has 0 N–H and O–H groups in total. The van der Waals surface area contributed by atoms with Crippen LogP contribution in [0.2, 0.25) is 0 Å². The van der Waals surface area contributed by atoms with Crippen molar-refractivity contribution in [3.05, 3.63) is 59.2 Å². The minimum absolute atomic E-state index is 0.189. The predicted molar refractivity (Wildman–Crippen MR) is 83.3 cm³/mol. The number of aryl methyl sites for hydroxylation is 1. The molecule has 0 spiro atoms. The Bertz CT molecular complexity index is 620. The van der Waals surface area contributed by atoms with Crippen molar-refractivity contribution in [2.45, 2.75) is 13.3 Å². The van der Waals surface area contributed by atoms with E-state index in [0.29, 0.717) is 11.5 Å². The van der Waals surface area contributed by atoms with Gasteiger partial charge in [0.15, 0.2) is 11.5 Å². The van der Waals surface area contributed by atoms with Crippen LogP contribution in [0.3, 0.4) is 0 Å². The summed E-state index contributed by atoms with van der Waals surface area (Å²) in [4.78, 5) is 11.3. The maximum atomic E-state index is 11.3. The van der Waals surface area contributed by atoms with Gasteiger partial charge in [-0.2, -0.15) is 0 Å². The molecule has 2 aromatic carbocycles. The Balaban J connectivity index is 2.22. The molecular formula is C17H17ClO3. The van der Waals surface area contributed by atoms with Gasteiger partial charge in [-0.3, -0.25) is 4.79 Å². The zero-order valence-corrected chi connectivity index (χ0v) is 12.8. The third kappa shape index (κ3) is 4.23. The highest BCUT2D eigenvalue weighted by molar-refractivity contribution is 6.26. The average molecular weight is 305 g/mol. The molecule has 4 heteroatoms. The topological polar surface area (TPSA) is 35.5 Å². The van der Waals surface area contributed by atoms with Crippen molar-refractivity contribution in [1.29, 1.82) is 0 Å². The number of carbonyl (C=O) groups excluding carboxylic acids is 1. The number of alkyl halides is 1. The quantitative estimate of drug-likeness (QED) is 0.479. The van der Waals surface area contributed by atoms with Gasteiger partial charge in [-0.25, -0.2) is 0 Å². The summed E-state index contributed by atoms with van der Waals surface area (Å²) in [5, 5.41) is 0. The molecule has 0 fully saturated rings. The molecule has 0 aliphatic carbocycles. The Morgan fingerprint density at radius 1 is 1.05 bits per heavy atom. The third-order valence-electron chi connectivity index (χ3n) is 3.09. The summed E-state index contributed by atoms with van der Waals surface area (Å²) in [6.07, 6.45) is 0.760. The highest BCUT2D eigenvalue weighted by atomic mass is 35.5. The van der Waals surface area contributed by atoms with Gasteiger partial charge in [0.25, 0.3) is 0 Å². The summed E-state index contributed by atoms with van der Waals surface area (Å²) in [7, 11) is 1.53. The summed E-state index contributed by atoms with van der Waals surface area (Å²) < 4.78 is 10.4. The van der Waals surface area contributed by atoms with Crippen LogP contribution in [0.4, 0.5) is 0 Å². The maximum Gasteiger partial charge on any atom is 0.326 e. The SMILES string of the molecule is COc1ccc(Cc2ccc(C)cc2)cc1OC(=O)CCl. The van der Waals surface area contributed by atoms with E-state index in [0.717, 1.165) is 12.0 Å². The summed E-state index contributed by atoms with van der Waals surface area (Å²) in [6.45, 7) is 2.06. The number of hydrogen-bond donors (Lipinski definition) is 0. The molecule has 0 aromatic heterocycles. The molecule has 2 rings (SSSR count). The van der Waals surface area contributed by atoms with E-state index >= 15 is 0 Å². The van der Waals surface area contributed by atoms with Crippen LogP contribution in [0.5, 0.6) is 11.5 Å². The number of halogens is 1. The lowest BCUT2D eigenvalue weighted by molar-refractivity contribution is -0.131. The number of esters is 1. The standard InChI is InChI=1S/C17H17ClO3/c1-12-3-5-13(6-4-12)9-14-7-8-15(20-2)16(10-14)21-17(19)11-18/h3-8,10H,9,11H2,1-2H3. The van der Waals surface area contributed by atoms with E-state index in [1.54, 1.807) is 6.07 Å². The Hall–Kier alpha value is -2.00. The van der Waals surface area contributed by atoms with Gasteiger partial charge in [0.1, 0.15) is 5.88 Å². The van der Waals surface area contributed by atoms with Crippen LogP contribution in [0, 0.1) is 6.92 Å². The smallest absolute Gasteiger partial charge is 0.326 e. The van der Waals surface area contributed by atoms with Crippen LogP contribution >= 0.6 is 11.6 Å². The van der Waals surface area contributed by atoms with Gasteiger partial charge >= 0.3 is 5.97 Å². The van der Waals surface area contributed by atoms with E-state index in [4.69, 9.17) is 21.1 Å². The number of hydrogen-bond acceptors (Lipinski definition) is 3. The molecule has 110 valence electrons. The first-order chi connectivity index (χ1) is 10.1. The zero-order valence-electron chi connectivity index (χ0n) is 12.1. The van der Waals surface area contributed by atoms with Crippen molar-refractivity contribution in [1.82, 2.24) is 0 Å². The average Bonchev–Trinajstić information content (AvgIpc) is 2.50. The molecule has 0 atom stereocenters. The molecule has 21 heavy (non-hydrogen) atoms. The van der Waals surface area contributed by atoms with Gasteiger partial charge in [0.2, 0.25) is 0 Å². The highest BCUT2D eigenvalue weighted by Crippen LogP contribution is 2.29. The van der Waals surface area contributed by atoms with Crippen LogP contribution in [0.1, 0.15) is 16.7 Å². The normalized spacial score (nSPS) is 10.2. The molecular weight excluding hydrogens is 288 g/mol. The Morgan fingerprint density at radius 3 is 2.33 bits per heavy atom. The summed E-state index contributed by atoms with van der Waals surface area (Å²) in [5.41, 5.74) is 3.46. The number of rotatable bonds is 5. The van der Waals surface area contributed by atoms with Crippen LogP contribution in [-0.2, 0) is 11.2 Å². The van der Waals surface area contributed by atoms with Gasteiger partial charge in [0, 0.05) is 0 Å². The fraction of sp³-hybridized carbons (Fsp3) is 0.235. The van der Waals surface area contributed by atoms with Crippen LogP contribution in [0.15, 0.2) is 42.5 Å². The second kappa shape index (κ2) is 7.14. The first kappa shape index (κ1) is 15.4. The molecule has 0 heterocycles. The van der Waals surface area contributed by atoms with Crippen molar-refractivity contribution in [2.75, 3.05) is 13.0 Å². The van der Waals surface area contributed by atoms with Gasteiger partial charge in [0.05, 0.1) is 7.11 Å². The fourth-order valence-electron chi connectivity index (χ4n) is 2.00. The van der Waals surface area contributed by atoms with Crippen molar-refractivity contribution in [2.24, 2.45) is 0 Å². The molecule has 0 aliphatic heterocycles. The first-order valence-electron chi connectivity index (χ1n) is 6.61. The Morgan fingerprint density at radius 2 is 1.71 bits per heavy atom. The lowest BCUT2D eigenvalue weighted by Gasteiger charge is -2.10. The molecule has 3 nitrogen and oxygen atoms in total. The van der Waals surface area contributed by atoms with Crippen LogP contribution in [0.25, 0.3) is 0 Å². The van der Waals surface area contributed by atoms with Gasteiger partial charge in [-0.1, -0.05) is 35.9 Å². The second-order valence-electron chi connectivity index (χ2n) is 4.76. The number of ether oxygens (including phenoxy) is 2. The van der Waals surface area contributed by atoms with Crippen molar-refractivity contribution < 1.29 is 14.3 Å². The summed E-state index contributed by atoms with van der Waals surface area (Å²) in [5.74, 6) is 0.224. The molecule has 0 amide bonds. The zero-order chi connectivity index (χ0) is 15.2.